The van der Waals surface area contributed by atoms with Crippen molar-refractivity contribution < 1.29 is 29.6 Å². The molecule has 1 heterocycles. The van der Waals surface area contributed by atoms with Crippen molar-refractivity contribution in [3.8, 4) is 17.2 Å². The molecule has 0 saturated carbocycles. The van der Waals surface area contributed by atoms with Gasteiger partial charge in [-0.2, -0.15) is 5.10 Å². The van der Waals surface area contributed by atoms with Crippen molar-refractivity contribution in [1.29, 1.82) is 0 Å². The molecule has 0 aromatic heterocycles. The molecule has 0 atom stereocenters. The van der Waals surface area contributed by atoms with Gasteiger partial charge in [-0.05, 0) is 17.8 Å². The summed E-state index contributed by atoms with van der Waals surface area (Å²) in [7, 11) is 1.19. The number of amidine groups is 1. The number of hydrogen-bond donors (Lipinski definition) is 4. The van der Waals surface area contributed by atoms with E-state index in [-0.39, 0.29) is 21.4 Å². The fraction of sp³-hybridized carbons (Fsp3) is 0.0769. The highest BCUT2D eigenvalue weighted by Gasteiger charge is 2.25. The van der Waals surface area contributed by atoms with Gasteiger partial charge in [-0.1, -0.05) is 0 Å². The molecule has 10 heteroatoms. The number of hydrogen-bond acceptors (Lipinski definition) is 9. The number of nitrogens with one attached hydrogen (secondary N) is 1. The summed E-state index contributed by atoms with van der Waals surface area (Å²) in [6, 6.07) is 2.05. The van der Waals surface area contributed by atoms with Gasteiger partial charge in [0.1, 0.15) is 5.75 Å². The number of nitrogens with zero attached hydrogens (tertiary/aromatic N) is 2. The lowest BCUT2D eigenvalue weighted by Gasteiger charge is -2.01. The van der Waals surface area contributed by atoms with Gasteiger partial charge < -0.3 is 20.1 Å². The molecule has 0 bridgehead atoms. The molecule has 120 valence electrons. The fourth-order valence-electron chi connectivity index (χ4n) is 1.47. The molecule has 1 aromatic carbocycles. The largest absolute Gasteiger partial charge is 0.507 e. The number of thioether (sulfide) groups is 1. The molecular weight excluding hydrogens is 326 g/mol. The summed E-state index contributed by atoms with van der Waals surface area (Å²) in [5.74, 6) is -2.39. The smallest absolute Gasteiger partial charge is 0.331 e. The Morgan fingerprint density at radius 3 is 2.65 bits per heavy atom. The van der Waals surface area contributed by atoms with Crippen molar-refractivity contribution in [2.45, 2.75) is 0 Å². The maximum absolute atomic E-state index is 11.6. The number of ether oxygens (including phenoxy) is 1. The molecule has 0 spiro atoms. The molecule has 1 amide bonds. The van der Waals surface area contributed by atoms with Crippen molar-refractivity contribution in [3.05, 3.63) is 28.7 Å². The van der Waals surface area contributed by atoms with E-state index in [4.69, 9.17) is 0 Å². The summed E-state index contributed by atoms with van der Waals surface area (Å²) in [4.78, 5) is 22.8. The van der Waals surface area contributed by atoms with E-state index < -0.39 is 23.4 Å². The predicted octanol–water partition coefficient (Wildman–Crippen LogP) is 0.413. The van der Waals surface area contributed by atoms with Crippen LogP contribution >= 0.6 is 11.8 Å². The number of aromatic hydroxyl groups is 3. The van der Waals surface area contributed by atoms with Gasteiger partial charge in [-0.3, -0.25) is 10.1 Å². The summed E-state index contributed by atoms with van der Waals surface area (Å²) in [6.07, 6.45) is 2.15. The van der Waals surface area contributed by atoms with Crippen LogP contribution in [0.3, 0.4) is 0 Å². The molecule has 2 rings (SSSR count). The topological polar surface area (TPSA) is 141 Å². The van der Waals surface area contributed by atoms with E-state index in [1.165, 1.54) is 7.11 Å². The minimum atomic E-state index is -0.670. The maximum atomic E-state index is 11.6. The molecule has 1 aliphatic rings. The zero-order valence-corrected chi connectivity index (χ0v) is 12.5. The van der Waals surface area contributed by atoms with Crippen molar-refractivity contribution >= 4 is 35.0 Å². The molecular formula is C13H11N3O6S. The third kappa shape index (κ3) is 4.01. The van der Waals surface area contributed by atoms with Crippen molar-refractivity contribution in [3.63, 3.8) is 0 Å². The van der Waals surface area contributed by atoms with E-state index in [9.17, 15) is 24.9 Å². The van der Waals surface area contributed by atoms with Crippen LogP contribution in [0.4, 0.5) is 0 Å². The molecule has 0 unspecified atom stereocenters. The van der Waals surface area contributed by atoms with E-state index in [0.717, 1.165) is 36.2 Å². The number of rotatable bonds is 3. The number of carbonyl (C=O) groups excluding carboxylic acids is 2. The number of esters is 1. The van der Waals surface area contributed by atoms with Gasteiger partial charge in [0.05, 0.1) is 18.2 Å². The molecule has 0 aliphatic carbocycles. The zero-order chi connectivity index (χ0) is 17.0. The Bertz CT molecular complexity index is 756. The summed E-state index contributed by atoms with van der Waals surface area (Å²) < 4.78 is 4.42. The quantitative estimate of drug-likeness (QED) is 0.156. The number of phenolic OH excluding ortho intramolecular Hbond substituents is 3. The van der Waals surface area contributed by atoms with Gasteiger partial charge in [0.2, 0.25) is 0 Å². The van der Waals surface area contributed by atoms with Crippen LogP contribution in [-0.4, -0.2) is 45.7 Å². The van der Waals surface area contributed by atoms with Gasteiger partial charge in [0.15, 0.2) is 16.7 Å². The molecule has 1 saturated heterocycles. The van der Waals surface area contributed by atoms with Crippen LogP contribution in [-0.2, 0) is 14.3 Å². The first kappa shape index (κ1) is 16.4. The van der Waals surface area contributed by atoms with E-state index in [1.807, 2.05) is 0 Å². The number of amides is 1. The SMILES string of the molecule is COC(=O)/C=C1/S/C(=N\N=Cc2cc(O)c(O)cc2O)NC1=O. The van der Waals surface area contributed by atoms with Crippen LogP contribution in [0.1, 0.15) is 5.56 Å². The summed E-state index contributed by atoms with van der Waals surface area (Å²) in [5, 5.41) is 38.0. The third-order valence-corrected chi connectivity index (χ3v) is 3.47. The first-order valence-corrected chi connectivity index (χ1v) is 6.87. The molecule has 0 radical (unpaired) electrons. The minimum Gasteiger partial charge on any atom is -0.507 e. The van der Waals surface area contributed by atoms with Gasteiger partial charge in [0.25, 0.3) is 5.91 Å². The third-order valence-electron chi connectivity index (χ3n) is 2.57. The van der Waals surface area contributed by atoms with Crippen LogP contribution in [0.15, 0.2) is 33.3 Å². The zero-order valence-electron chi connectivity index (χ0n) is 11.7. The highest BCUT2D eigenvalue weighted by Crippen LogP contribution is 2.31. The minimum absolute atomic E-state index is 0.107. The normalized spacial score (nSPS) is 17.9. The second-order valence-electron chi connectivity index (χ2n) is 4.14. The summed E-state index contributed by atoms with van der Waals surface area (Å²) in [5.41, 5.74) is 0.115. The van der Waals surface area contributed by atoms with E-state index in [0.29, 0.717) is 0 Å². The lowest BCUT2D eigenvalue weighted by atomic mass is 10.2. The molecule has 1 aliphatic heterocycles. The highest BCUT2D eigenvalue weighted by atomic mass is 32.2. The molecule has 1 fully saturated rings. The number of carbonyl (C=O) groups is 2. The van der Waals surface area contributed by atoms with E-state index in [2.05, 4.69) is 20.3 Å². The van der Waals surface area contributed by atoms with Gasteiger partial charge in [0, 0.05) is 17.7 Å². The molecule has 23 heavy (non-hydrogen) atoms. The van der Waals surface area contributed by atoms with Crippen molar-refractivity contribution in [2.75, 3.05) is 7.11 Å². The first-order valence-electron chi connectivity index (χ1n) is 6.05. The Hall–Kier alpha value is -3.01. The number of benzene rings is 1. The van der Waals surface area contributed by atoms with E-state index in [1.54, 1.807) is 0 Å². The Kier molecular flexibility index (Phi) is 4.86. The second kappa shape index (κ2) is 6.83. The standard InChI is InChI=1S/C13H11N3O6S/c1-22-11(20)4-10-12(21)15-13(23-10)16-14-5-6-2-8(18)9(19)3-7(6)17/h2-5,17-19H,1H3,(H,15,16,21)/b10-4+,14-5?. The highest BCUT2D eigenvalue weighted by molar-refractivity contribution is 8.18. The fourth-order valence-corrected chi connectivity index (χ4v) is 2.21. The van der Waals surface area contributed by atoms with Crippen molar-refractivity contribution in [2.24, 2.45) is 10.2 Å². The lowest BCUT2D eigenvalue weighted by molar-refractivity contribution is -0.135. The monoisotopic (exact) mass is 337 g/mol. The van der Waals surface area contributed by atoms with Gasteiger partial charge >= 0.3 is 5.97 Å². The van der Waals surface area contributed by atoms with Gasteiger partial charge in [-0.25, -0.2) is 4.79 Å². The van der Waals surface area contributed by atoms with Crippen molar-refractivity contribution in [1.82, 2.24) is 5.32 Å². The molecule has 1 aromatic rings. The molecule has 9 nitrogen and oxygen atoms in total. The van der Waals surface area contributed by atoms with Crippen LogP contribution in [0.25, 0.3) is 0 Å². The van der Waals surface area contributed by atoms with E-state index >= 15 is 0 Å². The Morgan fingerprint density at radius 2 is 1.96 bits per heavy atom. The number of methoxy groups -OCH3 is 1. The van der Waals surface area contributed by atoms with Crippen LogP contribution < -0.4 is 5.32 Å². The average molecular weight is 337 g/mol. The first-order chi connectivity index (χ1) is 10.9. The Balaban J connectivity index is 2.13. The maximum Gasteiger partial charge on any atom is 0.331 e. The van der Waals surface area contributed by atoms with Crippen LogP contribution in [0, 0.1) is 0 Å². The van der Waals surface area contributed by atoms with Crippen LogP contribution in [0.5, 0.6) is 17.2 Å². The summed E-state index contributed by atoms with van der Waals surface area (Å²) in [6.45, 7) is 0. The second-order valence-corrected chi connectivity index (χ2v) is 5.17. The molecule has 4 N–H and O–H groups in total. The Labute approximate surface area is 134 Å². The average Bonchev–Trinajstić information content (AvgIpc) is 2.84. The number of phenols is 3. The predicted molar refractivity (Wildman–Crippen MR) is 82.3 cm³/mol. The lowest BCUT2D eigenvalue weighted by Crippen LogP contribution is -2.19. The van der Waals surface area contributed by atoms with Crippen LogP contribution in [0.2, 0.25) is 0 Å². The van der Waals surface area contributed by atoms with Gasteiger partial charge in [-0.15, -0.1) is 5.10 Å². The summed E-state index contributed by atoms with van der Waals surface area (Å²) >= 11 is 0.891. The Morgan fingerprint density at radius 1 is 1.26 bits per heavy atom.